The number of hydrogen-bond donors (Lipinski definition) is 0. The van der Waals surface area contributed by atoms with E-state index in [2.05, 4.69) is 31.2 Å². The van der Waals surface area contributed by atoms with Gasteiger partial charge in [-0.25, -0.2) is 0 Å². The molecule has 1 aliphatic rings. The molecule has 3 rings (SSSR count). The van der Waals surface area contributed by atoms with Crippen LogP contribution in [0.2, 0.25) is 0 Å². The fourth-order valence-corrected chi connectivity index (χ4v) is 3.71. The maximum atomic E-state index is 13.0. The van der Waals surface area contributed by atoms with Crippen molar-refractivity contribution in [3.8, 4) is 0 Å². The third kappa shape index (κ3) is 3.98. The highest BCUT2D eigenvalue weighted by molar-refractivity contribution is 5.86. The van der Waals surface area contributed by atoms with E-state index < -0.39 is 0 Å². The van der Waals surface area contributed by atoms with Gasteiger partial charge in [0.2, 0.25) is 5.91 Å². The Morgan fingerprint density at radius 3 is 2.48 bits per heavy atom. The molecule has 130 valence electrons. The molecule has 1 fully saturated rings. The quantitative estimate of drug-likeness (QED) is 0.829. The lowest BCUT2D eigenvalue weighted by Crippen LogP contribution is -2.40. The van der Waals surface area contributed by atoms with Gasteiger partial charge in [0, 0.05) is 38.3 Å². The van der Waals surface area contributed by atoms with Crippen LogP contribution in [0.1, 0.15) is 41.9 Å². The standard InChI is InChI=1S/C22H25NO2/c1-16-8-6-7-11-19(16)20(17-9-4-3-5-10-17)14-21(24)18-12-13-22(25)23(2)15-18/h3-11,18,20H,12-15H2,1-2H3/t18?,20-/m1/s1. The third-order valence-electron chi connectivity index (χ3n) is 5.25. The maximum absolute atomic E-state index is 13.0. The largest absolute Gasteiger partial charge is 0.345 e. The molecule has 0 bridgehead atoms. The Labute approximate surface area is 149 Å². The molecular weight excluding hydrogens is 310 g/mol. The van der Waals surface area contributed by atoms with Gasteiger partial charge in [-0.05, 0) is 30.0 Å². The number of amides is 1. The van der Waals surface area contributed by atoms with Gasteiger partial charge >= 0.3 is 0 Å². The van der Waals surface area contributed by atoms with E-state index in [1.54, 1.807) is 11.9 Å². The molecule has 0 saturated carbocycles. The first-order valence-electron chi connectivity index (χ1n) is 8.93. The first kappa shape index (κ1) is 17.4. The van der Waals surface area contributed by atoms with Crippen LogP contribution in [0.4, 0.5) is 0 Å². The van der Waals surface area contributed by atoms with Crippen molar-refractivity contribution in [2.75, 3.05) is 13.6 Å². The van der Waals surface area contributed by atoms with E-state index in [0.29, 0.717) is 25.8 Å². The van der Waals surface area contributed by atoms with Crippen LogP contribution in [-0.2, 0) is 9.59 Å². The molecule has 3 nitrogen and oxygen atoms in total. The summed E-state index contributed by atoms with van der Waals surface area (Å²) in [5, 5.41) is 0. The Morgan fingerprint density at radius 1 is 1.12 bits per heavy atom. The number of carbonyl (C=O) groups is 2. The normalized spacial score (nSPS) is 18.9. The van der Waals surface area contributed by atoms with E-state index in [1.807, 2.05) is 30.3 Å². The number of hydrogen-bond acceptors (Lipinski definition) is 2. The second kappa shape index (κ2) is 7.64. The highest BCUT2D eigenvalue weighted by atomic mass is 16.2. The van der Waals surface area contributed by atoms with Crippen LogP contribution >= 0.6 is 0 Å². The van der Waals surface area contributed by atoms with Gasteiger partial charge in [-0.1, -0.05) is 54.6 Å². The number of aryl methyl sites for hydroxylation is 1. The Kier molecular flexibility index (Phi) is 5.32. The predicted octanol–water partition coefficient (Wildman–Crippen LogP) is 3.95. The molecule has 1 saturated heterocycles. The fraction of sp³-hybridized carbons (Fsp3) is 0.364. The second-order valence-electron chi connectivity index (χ2n) is 7.00. The average Bonchev–Trinajstić information content (AvgIpc) is 2.63. The van der Waals surface area contributed by atoms with Crippen LogP contribution < -0.4 is 0 Å². The summed E-state index contributed by atoms with van der Waals surface area (Å²) in [6.07, 6.45) is 1.64. The van der Waals surface area contributed by atoms with Gasteiger partial charge in [0.1, 0.15) is 5.78 Å². The Balaban J connectivity index is 1.85. The summed E-state index contributed by atoms with van der Waals surface area (Å²) in [5.74, 6) is 0.426. The number of carbonyl (C=O) groups excluding carboxylic acids is 2. The van der Waals surface area contributed by atoms with Gasteiger partial charge in [-0.3, -0.25) is 9.59 Å². The van der Waals surface area contributed by atoms with Crippen molar-refractivity contribution in [3.05, 3.63) is 71.3 Å². The molecule has 2 aromatic rings. The number of rotatable bonds is 5. The van der Waals surface area contributed by atoms with E-state index in [1.165, 1.54) is 16.7 Å². The van der Waals surface area contributed by atoms with E-state index in [0.717, 1.165) is 0 Å². The first-order chi connectivity index (χ1) is 12.1. The number of benzene rings is 2. The van der Waals surface area contributed by atoms with Gasteiger partial charge in [-0.15, -0.1) is 0 Å². The summed E-state index contributed by atoms with van der Waals surface area (Å²) in [7, 11) is 1.79. The smallest absolute Gasteiger partial charge is 0.222 e. The number of Topliss-reactive ketones (excluding diaryl/α,β-unsaturated/α-hetero) is 1. The molecule has 0 spiro atoms. The average molecular weight is 335 g/mol. The summed E-state index contributed by atoms with van der Waals surface area (Å²) in [4.78, 5) is 26.4. The SMILES string of the molecule is Cc1ccccc1[C@H](CC(=O)C1CCC(=O)N(C)C1)c1ccccc1. The van der Waals surface area contributed by atoms with E-state index >= 15 is 0 Å². The highest BCUT2D eigenvalue weighted by Crippen LogP contribution is 2.32. The minimum Gasteiger partial charge on any atom is -0.345 e. The van der Waals surface area contributed by atoms with Crippen molar-refractivity contribution >= 4 is 11.7 Å². The second-order valence-corrected chi connectivity index (χ2v) is 7.00. The lowest BCUT2D eigenvalue weighted by Gasteiger charge is -2.30. The Bertz CT molecular complexity index is 754. The van der Waals surface area contributed by atoms with Crippen LogP contribution in [0, 0.1) is 12.8 Å². The molecule has 1 heterocycles. The minimum atomic E-state index is -0.0436. The molecule has 25 heavy (non-hydrogen) atoms. The van der Waals surface area contributed by atoms with E-state index in [9.17, 15) is 9.59 Å². The summed E-state index contributed by atoms with van der Waals surface area (Å²) < 4.78 is 0. The van der Waals surface area contributed by atoms with Crippen LogP contribution in [0.15, 0.2) is 54.6 Å². The summed E-state index contributed by atoms with van der Waals surface area (Å²) >= 11 is 0. The summed E-state index contributed by atoms with van der Waals surface area (Å²) in [6, 6.07) is 18.5. The minimum absolute atomic E-state index is 0.0436. The topological polar surface area (TPSA) is 37.4 Å². The molecule has 0 aliphatic carbocycles. The highest BCUT2D eigenvalue weighted by Gasteiger charge is 2.30. The Morgan fingerprint density at radius 2 is 1.80 bits per heavy atom. The van der Waals surface area contributed by atoms with Gasteiger partial charge in [0.25, 0.3) is 0 Å². The van der Waals surface area contributed by atoms with Gasteiger partial charge < -0.3 is 4.90 Å². The maximum Gasteiger partial charge on any atom is 0.222 e. The molecule has 3 heteroatoms. The van der Waals surface area contributed by atoms with Gasteiger partial charge in [0.15, 0.2) is 0 Å². The number of piperidine rings is 1. The van der Waals surface area contributed by atoms with Crippen molar-refractivity contribution in [1.29, 1.82) is 0 Å². The van der Waals surface area contributed by atoms with Crippen molar-refractivity contribution in [2.24, 2.45) is 5.92 Å². The zero-order valence-electron chi connectivity index (χ0n) is 14.9. The van der Waals surface area contributed by atoms with Crippen LogP contribution in [0.25, 0.3) is 0 Å². The number of likely N-dealkylation sites (tertiary alicyclic amines) is 1. The molecule has 2 aromatic carbocycles. The molecule has 1 unspecified atom stereocenters. The van der Waals surface area contributed by atoms with Crippen molar-refractivity contribution in [2.45, 2.75) is 32.1 Å². The molecule has 1 amide bonds. The van der Waals surface area contributed by atoms with Crippen LogP contribution in [0.3, 0.4) is 0 Å². The zero-order valence-corrected chi connectivity index (χ0v) is 14.9. The molecule has 2 atom stereocenters. The number of nitrogens with zero attached hydrogens (tertiary/aromatic N) is 1. The lowest BCUT2D eigenvalue weighted by molar-refractivity contribution is -0.136. The molecular formula is C22H25NO2. The molecule has 0 radical (unpaired) electrons. The van der Waals surface area contributed by atoms with Crippen molar-refractivity contribution in [3.63, 3.8) is 0 Å². The Hall–Kier alpha value is -2.42. The zero-order chi connectivity index (χ0) is 17.8. The fourth-order valence-electron chi connectivity index (χ4n) is 3.71. The van der Waals surface area contributed by atoms with Crippen LogP contribution in [-0.4, -0.2) is 30.2 Å². The van der Waals surface area contributed by atoms with Crippen molar-refractivity contribution < 1.29 is 9.59 Å². The molecule has 0 aromatic heterocycles. The van der Waals surface area contributed by atoms with Crippen molar-refractivity contribution in [1.82, 2.24) is 4.90 Å². The van der Waals surface area contributed by atoms with Gasteiger partial charge in [-0.2, -0.15) is 0 Å². The molecule has 0 N–H and O–H groups in total. The third-order valence-corrected chi connectivity index (χ3v) is 5.25. The number of ketones is 1. The van der Waals surface area contributed by atoms with Gasteiger partial charge in [0.05, 0.1) is 0 Å². The summed E-state index contributed by atoms with van der Waals surface area (Å²) in [5.41, 5.74) is 3.59. The monoisotopic (exact) mass is 335 g/mol. The lowest BCUT2D eigenvalue weighted by atomic mass is 9.81. The van der Waals surface area contributed by atoms with E-state index in [-0.39, 0.29) is 23.5 Å². The predicted molar refractivity (Wildman–Crippen MR) is 99.4 cm³/mol. The molecule has 1 aliphatic heterocycles. The van der Waals surface area contributed by atoms with E-state index in [4.69, 9.17) is 0 Å². The van der Waals surface area contributed by atoms with Crippen LogP contribution in [0.5, 0.6) is 0 Å². The first-order valence-corrected chi connectivity index (χ1v) is 8.93. The summed E-state index contributed by atoms with van der Waals surface area (Å²) in [6.45, 7) is 2.65.